The lowest BCUT2D eigenvalue weighted by atomic mass is 10.1. The highest BCUT2D eigenvalue weighted by atomic mass is 15.2. The molecule has 0 radical (unpaired) electrons. The Hall–Kier alpha value is -7.64. The van der Waals surface area contributed by atoms with Crippen LogP contribution in [0, 0.1) is 0 Å². The van der Waals surface area contributed by atoms with Gasteiger partial charge >= 0.3 is 0 Å². The molecule has 0 atom stereocenters. The van der Waals surface area contributed by atoms with Crippen molar-refractivity contribution >= 4 is 43.9 Å². The summed E-state index contributed by atoms with van der Waals surface area (Å²) in [5.41, 5.74) is 9.94. The van der Waals surface area contributed by atoms with Gasteiger partial charge in [-0.1, -0.05) is 146 Å². The van der Waals surface area contributed by atoms with E-state index in [-0.39, 0.29) is 0 Å². The SMILES string of the molecule is c1ccc(-c2nc(-c3ccccc3)nc(-n3c4ccccc4c4cc5c(cc43)c3c(nc(-c4ccccc4)n3-c3ccccc3)n5-c3ccccc3)n2)cc1. The molecular formula is C48H31N7. The molecule has 0 amide bonds. The molecule has 11 aromatic rings. The van der Waals surface area contributed by atoms with Gasteiger partial charge in [0.15, 0.2) is 17.3 Å². The van der Waals surface area contributed by atoms with E-state index in [0.29, 0.717) is 17.6 Å². The zero-order valence-electron chi connectivity index (χ0n) is 29.5. The van der Waals surface area contributed by atoms with Crippen LogP contribution in [0.15, 0.2) is 188 Å². The zero-order chi connectivity index (χ0) is 36.3. The topological polar surface area (TPSA) is 66.3 Å². The number of hydrogen-bond acceptors (Lipinski definition) is 4. The molecule has 7 nitrogen and oxygen atoms in total. The molecule has 0 N–H and O–H groups in total. The van der Waals surface area contributed by atoms with Crippen LogP contribution in [-0.2, 0) is 0 Å². The normalized spacial score (nSPS) is 11.6. The monoisotopic (exact) mass is 705 g/mol. The third-order valence-electron chi connectivity index (χ3n) is 10.3. The molecule has 4 heterocycles. The second kappa shape index (κ2) is 12.5. The van der Waals surface area contributed by atoms with Crippen molar-refractivity contribution in [1.29, 1.82) is 0 Å². The largest absolute Gasteiger partial charge is 0.293 e. The molecule has 0 saturated heterocycles. The van der Waals surface area contributed by atoms with Crippen molar-refractivity contribution < 1.29 is 0 Å². The lowest BCUT2D eigenvalue weighted by Crippen LogP contribution is -2.06. The summed E-state index contributed by atoms with van der Waals surface area (Å²) in [4.78, 5) is 20.9. The summed E-state index contributed by atoms with van der Waals surface area (Å²) in [6.07, 6.45) is 0. The van der Waals surface area contributed by atoms with Crippen molar-refractivity contribution in [2.24, 2.45) is 0 Å². The smallest absolute Gasteiger partial charge is 0.238 e. The number of imidazole rings is 1. The second-order valence-corrected chi connectivity index (χ2v) is 13.6. The summed E-state index contributed by atoms with van der Waals surface area (Å²) in [5.74, 6) is 2.66. The Balaban J connectivity index is 1.29. The Morgan fingerprint density at radius 2 is 0.800 bits per heavy atom. The molecular weight excluding hydrogens is 675 g/mol. The summed E-state index contributed by atoms with van der Waals surface area (Å²) in [7, 11) is 0. The van der Waals surface area contributed by atoms with E-state index in [0.717, 1.165) is 77.8 Å². The van der Waals surface area contributed by atoms with E-state index in [9.17, 15) is 0 Å². The molecule has 0 fully saturated rings. The number of hydrogen-bond donors (Lipinski definition) is 0. The molecule has 7 heteroatoms. The first-order chi connectivity index (χ1) is 27.3. The van der Waals surface area contributed by atoms with Crippen LogP contribution < -0.4 is 0 Å². The minimum absolute atomic E-state index is 0.554. The highest BCUT2D eigenvalue weighted by molar-refractivity contribution is 6.18. The van der Waals surface area contributed by atoms with Crippen LogP contribution in [0.25, 0.3) is 95.4 Å². The number of benzene rings is 7. The Morgan fingerprint density at radius 3 is 1.40 bits per heavy atom. The van der Waals surface area contributed by atoms with E-state index in [1.807, 2.05) is 66.7 Å². The van der Waals surface area contributed by atoms with Crippen LogP contribution in [0.4, 0.5) is 0 Å². The van der Waals surface area contributed by atoms with Crippen LogP contribution in [0.5, 0.6) is 0 Å². The molecule has 7 aromatic carbocycles. The fourth-order valence-corrected chi connectivity index (χ4v) is 7.86. The van der Waals surface area contributed by atoms with Gasteiger partial charge in [-0.2, -0.15) is 9.97 Å². The average Bonchev–Trinajstić information content (AvgIpc) is 3.91. The molecule has 11 rings (SSSR count). The van der Waals surface area contributed by atoms with Gasteiger partial charge in [0.25, 0.3) is 0 Å². The lowest BCUT2D eigenvalue weighted by molar-refractivity contribution is 0.954. The first kappa shape index (κ1) is 30.9. The van der Waals surface area contributed by atoms with Crippen molar-refractivity contribution in [2.75, 3.05) is 0 Å². The summed E-state index contributed by atoms with van der Waals surface area (Å²) >= 11 is 0. The lowest BCUT2D eigenvalue weighted by Gasteiger charge is -2.12. The second-order valence-electron chi connectivity index (χ2n) is 13.6. The molecule has 0 aliphatic heterocycles. The predicted octanol–water partition coefficient (Wildman–Crippen LogP) is 11.3. The third kappa shape index (κ3) is 4.98. The van der Waals surface area contributed by atoms with Crippen LogP contribution >= 0.6 is 0 Å². The number of para-hydroxylation sites is 3. The van der Waals surface area contributed by atoms with Crippen molar-refractivity contribution in [3.8, 4) is 51.5 Å². The van der Waals surface area contributed by atoms with Gasteiger partial charge in [0, 0.05) is 44.2 Å². The van der Waals surface area contributed by atoms with Gasteiger partial charge in [-0.05, 0) is 42.5 Å². The summed E-state index contributed by atoms with van der Waals surface area (Å²) in [5, 5.41) is 3.27. The molecule has 0 spiro atoms. The van der Waals surface area contributed by atoms with E-state index in [4.69, 9.17) is 19.9 Å². The first-order valence-electron chi connectivity index (χ1n) is 18.3. The summed E-state index contributed by atoms with van der Waals surface area (Å²) in [6, 6.07) is 64.8. The van der Waals surface area contributed by atoms with Crippen molar-refractivity contribution in [3.05, 3.63) is 188 Å². The van der Waals surface area contributed by atoms with Gasteiger partial charge in [-0.3, -0.25) is 13.7 Å². The van der Waals surface area contributed by atoms with Gasteiger partial charge in [0.2, 0.25) is 5.95 Å². The van der Waals surface area contributed by atoms with Gasteiger partial charge in [0.1, 0.15) is 11.3 Å². The van der Waals surface area contributed by atoms with E-state index < -0.39 is 0 Å². The quantitative estimate of drug-likeness (QED) is 0.173. The Morgan fingerprint density at radius 1 is 0.327 bits per heavy atom. The van der Waals surface area contributed by atoms with Crippen molar-refractivity contribution in [2.45, 2.75) is 0 Å². The number of rotatable bonds is 6. The van der Waals surface area contributed by atoms with Gasteiger partial charge < -0.3 is 0 Å². The minimum Gasteiger partial charge on any atom is -0.293 e. The molecule has 0 saturated carbocycles. The molecule has 4 aromatic heterocycles. The van der Waals surface area contributed by atoms with Gasteiger partial charge in [-0.15, -0.1) is 0 Å². The number of fused-ring (bicyclic) bond motifs is 6. The maximum atomic E-state index is 5.47. The van der Waals surface area contributed by atoms with Crippen LogP contribution in [-0.4, -0.2) is 33.6 Å². The maximum absolute atomic E-state index is 5.47. The minimum atomic E-state index is 0.554. The van der Waals surface area contributed by atoms with Crippen molar-refractivity contribution in [3.63, 3.8) is 0 Å². The van der Waals surface area contributed by atoms with Gasteiger partial charge in [-0.25, -0.2) is 9.97 Å². The van der Waals surface area contributed by atoms with E-state index in [1.54, 1.807) is 0 Å². The van der Waals surface area contributed by atoms with Crippen LogP contribution in [0.3, 0.4) is 0 Å². The highest BCUT2D eigenvalue weighted by Crippen LogP contribution is 2.42. The van der Waals surface area contributed by atoms with E-state index in [2.05, 4.69) is 135 Å². The number of aromatic nitrogens is 7. The van der Waals surface area contributed by atoms with Gasteiger partial charge in [0.05, 0.1) is 16.6 Å². The van der Waals surface area contributed by atoms with Crippen LogP contribution in [0.2, 0.25) is 0 Å². The maximum Gasteiger partial charge on any atom is 0.238 e. The molecule has 0 bridgehead atoms. The van der Waals surface area contributed by atoms with Crippen molar-refractivity contribution in [1.82, 2.24) is 33.6 Å². The molecule has 0 aliphatic carbocycles. The number of nitrogens with zero attached hydrogens (tertiary/aromatic N) is 7. The Labute approximate surface area is 316 Å². The fourth-order valence-electron chi connectivity index (χ4n) is 7.86. The average molecular weight is 706 g/mol. The first-order valence-corrected chi connectivity index (χ1v) is 18.3. The third-order valence-corrected chi connectivity index (χ3v) is 10.3. The predicted molar refractivity (Wildman–Crippen MR) is 222 cm³/mol. The molecule has 258 valence electrons. The van der Waals surface area contributed by atoms with E-state index in [1.165, 1.54) is 0 Å². The summed E-state index contributed by atoms with van der Waals surface area (Å²) in [6.45, 7) is 0. The van der Waals surface area contributed by atoms with E-state index >= 15 is 0 Å². The summed E-state index contributed by atoms with van der Waals surface area (Å²) < 4.78 is 6.79. The highest BCUT2D eigenvalue weighted by Gasteiger charge is 2.26. The Kier molecular flexibility index (Phi) is 7.03. The van der Waals surface area contributed by atoms with Crippen LogP contribution in [0.1, 0.15) is 0 Å². The standard InChI is InChI=1S/C48H31N7/c1-6-18-32(19-7-1)44-49-45(33-20-8-2-9-21-33)51-48(50-44)55-40-29-17-16-28-37(40)38-30-42-39(31-41(38)55)43-47(53(42)35-24-12-4-13-25-35)52-46(34-22-10-3-11-23-34)54(43)36-26-14-5-15-27-36/h1-31H. The zero-order valence-corrected chi connectivity index (χ0v) is 29.5. The molecule has 0 aliphatic rings. The molecule has 55 heavy (non-hydrogen) atoms. The Bertz CT molecular complexity index is 3110. The fraction of sp³-hybridized carbons (Fsp3) is 0. The molecule has 0 unspecified atom stereocenters.